The van der Waals surface area contributed by atoms with E-state index in [4.69, 9.17) is 0 Å². The molecule has 1 N–H and O–H groups in total. The zero-order valence-corrected chi connectivity index (χ0v) is 13.4. The van der Waals surface area contributed by atoms with E-state index < -0.39 is 0 Å². The van der Waals surface area contributed by atoms with Crippen molar-refractivity contribution >= 4 is 0 Å². The van der Waals surface area contributed by atoms with Crippen LogP contribution in [0.2, 0.25) is 0 Å². The van der Waals surface area contributed by atoms with Gasteiger partial charge in [-0.2, -0.15) is 0 Å². The van der Waals surface area contributed by atoms with Gasteiger partial charge in [0.1, 0.15) is 0 Å². The highest BCUT2D eigenvalue weighted by Gasteiger charge is 2.43. The minimum Gasteiger partial charge on any atom is -0.391 e. The van der Waals surface area contributed by atoms with Crippen LogP contribution in [0, 0.1) is 17.8 Å². The average molecular weight is 267 g/mol. The molecule has 0 spiro atoms. The van der Waals surface area contributed by atoms with Crippen LogP contribution in [-0.2, 0) is 0 Å². The Labute approximate surface area is 119 Å². The fourth-order valence-corrected chi connectivity index (χ4v) is 4.62. The standard InChI is InChI=1S/C17H33NO/c1-5-17(4,18-8-6-7-9-18)16(19)15-11-13(2)10-14(3)12-15/h13-16,19H,5-12H2,1-4H3. The predicted octanol–water partition coefficient (Wildman–Crippen LogP) is 3.68. The van der Waals surface area contributed by atoms with Crippen LogP contribution in [0.25, 0.3) is 0 Å². The van der Waals surface area contributed by atoms with Crippen molar-refractivity contribution in [3.63, 3.8) is 0 Å². The second-order valence-corrected chi connectivity index (χ2v) is 7.53. The van der Waals surface area contributed by atoms with Gasteiger partial charge in [-0.3, -0.25) is 4.90 Å². The first-order valence-corrected chi connectivity index (χ1v) is 8.40. The molecule has 2 nitrogen and oxygen atoms in total. The quantitative estimate of drug-likeness (QED) is 0.840. The van der Waals surface area contributed by atoms with Gasteiger partial charge in [0.25, 0.3) is 0 Å². The maximum Gasteiger partial charge on any atom is 0.0749 e. The van der Waals surface area contributed by atoms with Gasteiger partial charge in [0.2, 0.25) is 0 Å². The number of hydrogen-bond acceptors (Lipinski definition) is 2. The molecular weight excluding hydrogens is 234 g/mol. The molecule has 1 heterocycles. The lowest BCUT2D eigenvalue weighted by Gasteiger charge is -2.47. The normalized spacial score (nSPS) is 38.1. The Morgan fingerprint density at radius 1 is 1.11 bits per heavy atom. The van der Waals surface area contributed by atoms with Crippen molar-refractivity contribution in [2.75, 3.05) is 13.1 Å². The Hall–Kier alpha value is -0.0800. The summed E-state index contributed by atoms with van der Waals surface area (Å²) in [4.78, 5) is 2.56. The van der Waals surface area contributed by atoms with E-state index in [0.717, 1.165) is 18.3 Å². The largest absolute Gasteiger partial charge is 0.391 e. The monoisotopic (exact) mass is 267 g/mol. The topological polar surface area (TPSA) is 23.5 Å². The molecule has 1 saturated heterocycles. The van der Waals surface area contributed by atoms with E-state index in [-0.39, 0.29) is 11.6 Å². The molecule has 4 unspecified atom stereocenters. The molecule has 2 rings (SSSR count). The van der Waals surface area contributed by atoms with Crippen LogP contribution in [-0.4, -0.2) is 34.7 Å². The molecule has 0 aromatic heterocycles. The highest BCUT2D eigenvalue weighted by atomic mass is 16.3. The average Bonchev–Trinajstić information content (AvgIpc) is 2.90. The van der Waals surface area contributed by atoms with Crippen LogP contribution in [0.5, 0.6) is 0 Å². The van der Waals surface area contributed by atoms with Gasteiger partial charge >= 0.3 is 0 Å². The van der Waals surface area contributed by atoms with Crippen molar-refractivity contribution < 1.29 is 5.11 Å². The smallest absolute Gasteiger partial charge is 0.0749 e. The van der Waals surface area contributed by atoms with Gasteiger partial charge in [0.15, 0.2) is 0 Å². The molecule has 0 bridgehead atoms. The lowest BCUT2D eigenvalue weighted by atomic mass is 9.69. The van der Waals surface area contributed by atoms with Gasteiger partial charge in [0, 0.05) is 5.54 Å². The minimum atomic E-state index is -0.152. The molecule has 1 aliphatic heterocycles. The van der Waals surface area contributed by atoms with Crippen LogP contribution in [0.1, 0.15) is 66.2 Å². The maximum absolute atomic E-state index is 11.0. The van der Waals surface area contributed by atoms with E-state index in [9.17, 15) is 5.11 Å². The zero-order valence-electron chi connectivity index (χ0n) is 13.4. The van der Waals surface area contributed by atoms with Crippen LogP contribution >= 0.6 is 0 Å². The fourth-order valence-electron chi connectivity index (χ4n) is 4.62. The van der Waals surface area contributed by atoms with E-state index in [1.807, 2.05) is 0 Å². The Morgan fingerprint density at radius 2 is 1.63 bits per heavy atom. The van der Waals surface area contributed by atoms with Gasteiger partial charge in [-0.1, -0.05) is 20.8 Å². The summed E-state index contributed by atoms with van der Waals surface area (Å²) in [5.41, 5.74) is -0.00204. The first-order chi connectivity index (χ1) is 8.97. The van der Waals surface area contributed by atoms with E-state index in [0.29, 0.717) is 5.92 Å². The molecular formula is C17H33NO. The number of aliphatic hydroxyl groups is 1. The van der Waals surface area contributed by atoms with Crippen LogP contribution < -0.4 is 0 Å². The molecule has 0 aromatic rings. The van der Waals surface area contributed by atoms with Crippen molar-refractivity contribution in [2.24, 2.45) is 17.8 Å². The summed E-state index contributed by atoms with van der Waals surface area (Å²) in [6, 6.07) is 0. The SMILES string of the molecule is CCC(C)(C(O)C1CC(C)CC(C)C1)N1CCCC1. The lowest BCUT2D eigenvalue weighted by molar-refractivity contribution is -0.0631. The van der Waals surface area contributed by atoms with Crippen molar-refractivity contribution in [3.05, 3.63) is 0 Å². The predicted molar refractivity (Wildman–Crippen MR) is 81.2 cm³/mol. The van der Waals surface area contributed by atoms with E-state index >= 15 is 0 Å². The second-order valence-electron chi connectivity index (χ2n) is 7.53. The molecule has 19 heavy (non-hydrogen) atoms. The van der Waals surface area contributed by atoms with Crippen molar-refractivity contribution in [1.82, 2.24) is 4.90 Å². The molecule has 1 saturated carbocycles. The van der Waals surface area contributed by atoms with Crippen molar-refractivity contribution in [3.8, 4) is 0 Å². The van der Waals surface area contributed by atoms with E-state index in [1.165, 1.54) is 45.2 Å². The van der Waals surface area contributed by atoms with Crippen molar-refractivity contribution in [1.29, 1.82) is 0 Å². The second kappa shape index (κ2) is 6.13. The van der Waals surface area contributed by atoms with Crippen LogP contribution in [0.15, 0.2) is 0 Å². The molecule has 2 aliphatic rings. The number of hydrogen-bond donors (Lipinski definition) is 1. The van der Waals surface area contributed by atoms with E-state index in [2.05, 4.69) is 32.6 Å². The Balaban J connectivity index is 2.08. The number of rotatable bonds is 4. The van der Waals surface area contributed by atoms with Gasteiger partial charge < -0.3 is 5.11 Å². The maximum atomic E-state index is 11.0. The third kappa shape index (κ3) is 3.16. The fraction of sp³-hybridized carbons (Fsp3) is 1.00. The Kier molecular flexibility index (Phi) is 4.94. The molecule has 2 heteroatoms. The summed E-state index contributed by atoms with van der Waals surface area (Å²) in [5, 5.41) is 11.0. The van der Waals surface area contributed by atoms with Gasteiger partial charge in [-0.05, 0) is 76.3 Å². The Bertz CT molecular complexity index is 277. The van der Waals surface area contributed by atoms with Gasteiger partial charge in [-0.25, -0.2) is 0 Å². The summed E-state index contributed by atoms with van der Waals surface area (Å²) >= 11 is 0. The summed E-state index contributed by atoms with van der Waals surface area (Å²) < 4.78 is 0. The third-order valence-electron chi connectivity index (χ3n) is 5.84. The van der Waals surface area contributed by atoms with Crippen LogP contribution in [0.3, 0.4) is 0 Å². The number of nitrogens with zero attached hydrogens (tertiary/aromatic N) is 1. The minimum absolute atomic E-state index is 0.00204. The van der Waals surface area contributed by atoms with Crippen LogP contribution in [0.4, 0.5) is 0 Å². The number of likely N-dealkylation sites (tertiary alicyclic amines) is 1. The zero-order chi connectivity index (χ0) is 14.0. The summed E-state index contributed by atoms with van der Waals surface area (Å²) in [6.45, 7) is 11.6. The summed E-state index contributed by atoms with van der Waals surface area (Å²) in [5.74, 6) is 2.07. The highest BCUT2D eigenvalue weighted by Crippen LogP contribution is 2.40. The molecule has 2 fully saturated rings. The first kappa shape index (κ1) is 15.3. The lowest BCUT2D eigenvalue weighted by Crippen LogP contribution is -2.56. The van der Waals surface area contributed by atoms with Crippen molar-refractivity contribution in [2.45, 2.75) is 77.9 Å². The van der Waals surface area contributed by atoms with E-state index in [1.54, 1.807) is 0 Å². The van der Waals surface area contributed by atoms with Gasteiger partial charge in [0.05, 0.1) is 6.10 Å². The summed E-state index contributed by atoms with van der Waals surface area (Å²) in [7, 11) is 0. The Morgan fingerprint density at radius 3 is 2.11 bits per heavy atom. The first-order valence-electron chi connectivity index (χ1n) is 8.40. The molecule has 1 aliphatic carbocycles. The molecule has 0 aromatic carbocycles. The molecule has 112 valence electrons. The summed E-state index contributed by atoms with van der Waals surface area (Å²) in [6.07, 6.45) is 7.30. The molecule has 4 atom stereocenters. The number of aliphatic hydroxyl groups excluding tert-OH is 1. The van der Waals surface area contributed by atoms with Gasteiger partial charge in [-0.15, -0.1) is 0 Å². The highest BCUT2D eigenvalue weighted by molar-refractivity contribution is 4.98. The molecule has 0 amide bonds. The third-order valence-corrected chi connectivity index (χ3v) is 5.84. The molecule has 0 radical (unpaired) electrons.